The minimum Gasteiger partial charge on any atom is -0.481 e. The van der Waals surface area contributed by atoms with Gasteiger partial charge in [-0.2, -0.15) is 0 Å². The maximum atomic E-state index is 12.8. The zero-order valence-corrected chi connectivity index (χ0v) is 8.54. The van der Waals surface area contributed by atoms with Crippen molar-refractivity contribution in [3.63, 3.8) is 0 Å². The van der Waals surface area contributed by atoms with E-state index in [0.29, 0.717) is 6.07 Å². The van der Waals surface area contributed by atoms with Crippen LogP contribution in [-0.4, -0.2) is 16.9 Å². The Hall–Kier alpha value is -1.78. The summed E-state index contributed by atoms with van der Waals surface area (Å²) in [5.41, 5.74) is -0.147. The van der Waals surface area contributed by atoms with E-state index in [0.717, 1.165) is 12.1 Å². The van der Waals surface area contributed by atoms with Gasteiger partial charge in [-0.1, -0.05) is 6.92 Å². The number of carboxylic acids is 1. The molecule has 0 aliphatic carbocycles. The molecule has 1 aromatic carbocycles. The highest BCUT2D eigenvalue weighted by Crippen LogP contribution is 2.15. The Bertz CT molecular complexity index is 409. The molecule has 0 amide bonds. The molecule has 1 rings (SSSR count). The lowest BCUT2D eigenvalue weighted by atomic mass is 9.96. The van der Waals surface area contributed by atoms with Crippen molar-refractivity contribution in [2.45, 2.75) is 13.3 Å². The van der Waals surface area contributed by atoms with E-state index in [1.54, 1.807) is 0 Å². The Morgan fingerprint density at radius 2 is 1.75 bits per heavy atom. The molecular formula is C11H10F2O3. The zero-order valence-electron chi connectivity index (χ0n) is 8.54. The van der Waals surface area contributed by atoms with Crippen LogP contribution in [0.3, 0.4) is 0 Å². The van der Waals surface area contributed by atoms with Crippen LogP contribution in [-0.2, 0) is 4.79 Å². The number of carbonyl (C=O) groups excluding carboxylic acids is 1. The van der Waals surface area contributed by atoms with Gasteiger partial charge in [-0.05, 0) is 12.1 Å². The van der Waals surface area contributed by atoms with Crippen LogP contribution in [0.25, 0.3) is 0 Å². The van der Waals surface area contributed by atoms with E-state index in [1.165, 1.54) is 6.92 Å². The lowest BCUT2D eigenvalue weighted by molar-refractivity contribution is -0.137. The van der Waals surface area contributed by atoms with Crippen molar-refractivity contribution in [3.8, 4) is 0 Å². The minimum atomic E-state index is -1.13. The van der Waals surface area contributed by atoms with Crippen LogP contribution in [0.4, 0.5) is 8.78 Å². The monoisotopic (exact) mass is 228 g/mol. The molecule has 1 atom stereocenters. The summed E-state index contributed by atoms with van der Waals surface area (Å²) in [5.74, 6) is -4.23. The molecule has 0 fully saturated rings. The van der Waals surface area contributed by atoms with Gasteiger partial charge in [0.05, 0.1) is 6.42 Å². The smallest absolute Gasteiger partial charge is 0.304 e. The Labute approximate surface area is 90.7 Å². The van der Waals surface area contributed by atoms with Gasteiger partial charge >= 0.3 is 5.97 Å². The minimum absolute atomic E-state index is 0.147. The number of benzene rings is 1. The number of carboxylic acid groups (broad SMARTS) is 1. The number of hydrogen-bond donors (Lipinski definition) is 1. The molecule has 1 N–H and O–H groups in total. The van der Waals surface area contributed by atoms with Crippen molar-refractivity contribution in [2.24, 2.45) is 5.92 Å². The molecule has 0 spiro atoms. The van der Waals surface area contributed by atoms with Crippen LogP contribution in [0.15, 0.2) is 18.2 Å². The molecule has 0 saturated heterocycles. The SMILES string of the molecule is CC(CC(=O)O)C(=O)c1cc(F)cc(F)c1. The summed E-state index contributed by atoms with van der Waals surface area (Å²) in [7, 11) is 0. The largest absolute Gasteiger partial charge is 0.481 e. The molecule has 0 aliphatic heterocycles. The average Bonchev–Trinajstić information content (AvgIpc) is 2.13. The molecule has 86 valence electrons. The average molecular weight is 228 g/mol. The fraction of sp³-hybridized carbons (Fsp3) is 0.273. The highest BCUT2D eigenvalue weighted by atomic mass is 19.1. The van der Waals surface area contributed by atoms with Crippen molar-refractivity contribution in [2.75, 3.05) is 0 Å². The summed E-state index contributed by atoms with van der Waals surface area (Å²) in [5, 5.41) is 8.49. The Balaban J connectivity index is 2.91. The van der Waals surface area contributed by atoms with Crippen molar-refractivity contribution >= 4 is 11.8 Å². The van der Waals surface area contributed by atoms with Crippen LogP contribution in [0, 0.1) is 17.6 Å². The van der Waals surface area contributed by atoms with E-state index in [4.69, 9.17) is 5.11 Å². The molecule has 1 aromatic rings. The second-order valence-electron chi connectivity index (χ2n) is 3.52. The lowest BCUT2D eigenvalue weighted by Crippen LogP contribution is -2.15. The van der Waals surface area contributed by atoms with Gasteiger partial charge in [-0.15, -0.1) is 0 Å². The molecule has 0 aliphatic rings. The summed E-state index contributed by atoms with van der Waals surface area (Å²) in [4.78, 5) is 22.0. The van der Waals surface area contributed by atoms with Crippen LogP contribution >= 0.6 is 0 Å². The zero-order chi connectivity index (χ0) is 12.3. The number of ketones is 1. The van der Waals surface area contributed by atoms with Gasteiger partial charge in [0.15, 0.2) is 5.78 Å². The van der Waals surface area contributed by atoms with Gasteiger partial charge in [0.1, 0.15) is 11.6 Å². The molecule has 5 heteroatoms. The predicted octanol–water partition coefficient (Wildman–Crippen LogP) is 2.26. The first-order chi connectivity index (χ1) is 7.40. The van der Waals surface area contributed by atoms with Crippen LogP contribution in [0.5, 0.6) is 0 Å². The number of aliphatic carboxylic acids is 1. The third-order valence-electron chi connectivity index (χ3n) is 2.08. The second-order valence-corrected chi connectivity index (χ2v) is 3.52. The highest BCUT2D eigenvalue weighted by Gasteiger charge is 2.19. The van der Waals surface area contributed by atoms with Crippen molar-refractivity contribution in [1.82, 2.24) is 0 Å². The number of Topliss-reactive ketones (excluding diaryl/α,β-unsaturated/α-hetero) is 1. The van der Waals surface area contributed by atoms with Gasteiger partial charge in [-0.3, -0.25) is 9.59 Å². The van der Waals surface area contributed by atoms with Crippen molar-refractivity contribution < 1.29 is 23.5 Å². The summed E-state index contributed by atoms with van der Waals surface area (Å²) < 4.78 is 25.6. The first-order valence-corrected chi connectivity index (χ1v) is 4.62. The summed E-state index contributed by atoms with van der Waals surface area (Å²) in [6.07, 6.45) is -0.364. The second kappa shape index (κ2) is 4.83. The number of carbonyl (C=O) groups is 2. The van der Waals surface area contributed by atoms with E-state index in [-0.39, 0.29) is 12.0 Å². The molecule has 3 nitrogen and oxygen atoms in total. The number of halogens is 2. The quantitative estimate of drug-likeness (QED) is 0.804. The van der Waals surface area contributed by atoms with Crippen molar-refractivity contribution in [3.05, 3.63) is 35.4 Å². The van der Waals surface area contributed by atoms with Gasteiger partial charge in [-0.25, -0.2) is 8.78 Å². The van der Waals surface area contributed by atoms with Gasteiger partial charge in [0, 0.05) is 17.5 Å². The summed E-state index contributed by atoms with van der Waals surface area (Å²) in [6, 6.07) is 2.44. The predicted molar refractivity (Wildman–Crippen MR) is 52.1 cm³/mol. The van der Waals surface area contributed by atoms with E-state index in [2.05, 4.69) is 0 Å². The molecule has 0 saturated carbocycles. The molecule has 0 radical (unpaired) electrons. The highest BCUT2D eigenvalue weighted by molar-refractivity contribution is 5.99. The Kier molecular flexibility index (Phi) is 3.71. The van der Waals surface area contributed by atoms with E-state index in [1.807, 2.05) is 0 Å². The summed E-state index contributed by atoms with van der Waals surface area (Å²) >= 11 is 0. The van der Waals surface area contributed by atoms with Crippen LogP contribution in [0.2, 0.25) is 0 Å². The molecule has 1 unspecified atom stereocenters. The van der Waals surface area contributed by atoms with Gasteiger partial charge < -0.3 is 5.11 Å². The van der Waals surface area contributed by atoms with E-state index < -0.39 is 29.3 Å². The molecular weight excluding hydrogens is 218 g/mol. The van der Waals surface area contributed by atoms with E-state index >= 15 is 0 Å². The maximum Gasteiger partial charge on any atom is 0.304 e. The number of rotatable bonds is 4. The normalized spacial score (nSPS) is 12.2. The maximum absolute atomic E-state index is 12.8. The van der Waals surface area contributed by atoms with Crippen LogP contribution < -0.4 is 0 Å². The molecule has 0 bridgehead atoms. The Morgan fingerprint density at radius 1 is 1.25 bits per heavy atom. The fourth-order valence-corrected chi connectivity index (χ4v) is 1.34. The molecule has 0 aromatic heterocycles. The molecule has 16 heavy (non-hydrogen) atoms. The van der Waals surface area contributed by atoms with Gasteiger partial charge in [0.25, 0.3) is 0 Å². The Morgan fingerprint density at radius 3 is 2.19 bits per heavy atom. The summed E-state index contributed by atoms with van der Waals surface area (Å²) in [6.45, 7) is 1.40. The standard InChI is InChI=1S/C11H10F2O3/c1-6(2-10(14)15)11(16)7-3-8(12)5-9(13)4-7/h3-6H,2H2,1H3,(H,14,15). The third-order valence-corrected chi connectivity index (χ3v) is 2.08. The van der Waals surface area contributed by atoms with Crippen molar-refractivity contribution in [1.29, 1.82) is 0 Å². The topological polar surface area (TPSA) is 54.4 Å². The van der Waals surface area contributed by atoms with Gasteiger partial charge in [0.2, 0.25) is 0 Å². The lowest BCUT2D eigenvalue weighted by Gasteiger charge is -2.07. The third kappa shape index (κ3) is 3.12. The first-order valence-electron chi connectivity index (χ1n) is 4.62. The number of hydrogen-bond acceptors (Lipinski definition) is 2. The molecule has 0 heterocycles. The first kappa shape index (κ1) is 12.3. The van der Waals surface area contributed by atoms with Crippen LogP contribution in [0.1, 0.15) is 23.7 Å². The van der Waals surface area contributed by atoms with E-state index in [9.17, 15) is 18.4 Å². The fourth-order valence-electron chi connectivity index (χ4n) is 1.34.